The number of carbonyl (C=O) groups excluding carboxylic acids is 1. The maximum Gasteiger partial charge on any atom is 0.269 e. The van der Waals surface area contributed by atoms with Crippen LogP contribution in [0.5, 0.6) is 0 Å². The van der Waals surface area contributed by atoms with Crippen molar-refractivity contribution in [1.29, 1.82) is 0 Å². The van der Waals surface area contributed by atoms with Crippen molar-refractivity contribution in [3.8, 4) is 0 Å². The summed E-state index contributed by atoms with van der Waals surface area (Å²) in [7, 11) is -1.61. The Morgan fingerprint density at radius 1 is 1.10 bits per heavy atom. The second kappa shape index (κ2) is 6.36. The second-order valence-corrected chi connectivity index (χ2v) is 5.62. The molecule has 0 aliphatic heterocycles. The summed E-state index contributed by atoms with van der Waals surface area (Å²) in [4.78, 5) is 22.2. The zero-order chi connectivity index (χ0) is 15.4. The molecule has 108 valence electrons. The number of nitrogens with zero attached hydrogens (tertiary/aromatic N) is 1. The molecule has 0 spiro atoms. The molecule has 2 aromatic rings. The Bertz CT molecular complexity index is 698. The van der Waals surface area contributed by atoms with Crippen molar-refractivity contribution in [2.24, 2.45) is 0 Å². The first-order chi connectivity index (χ1) is 9.97. The molecule has 0 bridgehead atoms. The summed E-state index contributed by atoms with van der Waals surface area (Å²) in [5, 5.41) is 10.5. The summed E-state index contributed by atoms with van der Waals surface area (Å²) < 4.78 is 24.8. The van der Waals surface area contributed by atoms with Crippen molar-refractivity contribution >= 4 is 22.3 Å². The Kier molecular flexibility index (Phi) is 4.54. The van der Waals surface area contributed by atoms with E-state index in [1.807, 2.05) is 0 Å². The Labute approximate surface area is 122 Å². The van der Waals surface area contributed by atoms with Crippen LogP contribution in [-0.2, 0) is 10.8 Å². The minimum atomic E-state index is -1.61. The lowest BCUT2D eigenvalue weighted by Gasteiger charge is -2.02. The van der Waals surface area contributed by atoms with Gasteiger partial charge in [-0.3, -0.25) is 19.1 Å². The fourth-order valence-electron chi connectivity index (χ4n) is 1.64. The van der Waals surface area contributed by atoms with Crippen LogP contribution in [0.4, 0.5) is 10.1 Å². The number of carbonyl (C=O) groups is 1. The third-order valence-corrected chi connectivity index (χ3v) is 4.06. The normalized spacial score (nSPS) is 11.9. The van der Waals surface area contributed by atoms with Gasteiger partial charge in [-0.1, -0.05) is 0 Å². The Hall–Kier alpha value is -2.41. The Morgan fingerprint density at radius 3 is 2.19 bits per heavy atom. The van der Waals surface area contributed by atoms with Crippen LogP contribution >= 0.6 is 0 Å². The van der Waals surface area contributed by atoms with Crippen molar-refractivity contribution in [2.45, 2.75) is 4.90 Å². The van der Waals surface area contributed by atoms with E-state index < -0.39 is 21.5 Å². The van der Waals surface area contributed by atoms with E-state index in [0.717, 1.165) is 12.1 Å². The predicted molar refractivity (Wildman–Crippen MR) is 75.1 cm³/mol. The van der Waals surface area contributed by atoms with E-state index in [1.54, 1.807) is 0 Å². The average Bonchev–Trinajstić information content (AvgIpc) is 2.47. The van der Waals surface area contributed by atoms with Gasteiger partial charge in [-0.05, 0) is 36.4 Å². The van der Waals surface area contributed by atoms with E-state index in [1.165, 1.54) is 36.4 Å². The summed E-state index contributed by atoms with van der Waals surface area (Å²) >= 11 is 0. The lowest BCUT2D eigenvalue weighted by atomic mass is 10.1. The van der Waals surface area contributed by atoms with Crippen molar-refractivity contribution in [2.75, 3.05) is 5.75 Å². The third-order valence-electron chi connectivity index (χ3n) is 2.74. The first kappa shape index (κ1) is 15.0. The van der Waals surface area contributed by atoms with E-state index in [2.05, 4.69) is 0 Å². The smallest absolute Gasteiger partial charge is 0.269 e. The molecule has 1 atom stereocenters. The number of hydrogen-bond acceptors (Lipinski definition) is 4. The highest BCUT2D eigenvalue weighted by Gasteiger charge is 2.14. The monoisotopic (exact) mass is 307 g/mol. The van der Waals surface area contributed by atoms with Gasteiger partial charge in [0.25, 0.3) is 5.69 Å². The largest absolute Gasteiger partial charge is 0.293 e. The zero-order valence-corrected chi connectivity index (χ0v) is 11.5. The maximum absolute atomic E-state index is 12.8. The first-order valence-electron chi connectivity index (χ1n) is 5.89. The van der Waals surface area contributed by atoms with E-state index >= 15 is 0 Å². The first-order valence-corrected chi connectivity index (χ1v) is 7.21. The van der Waals surface area contributed by atoms with Gasteiger partial charge in [-0.2, -0.15) is 0 Å². The molecular weight excluding hydrogens is 297 g/mol. The molecule has 0 aromatic heterocycles. The molecule has 0 fully saturated rings. The number of ketones is 1. The highest BCUT2D eigenvalue weighted by Crippen LogP contribution is 2.15. The number of hydrogen-bond donors (Lipinski definition) is 0. The lowest BCUT2D eigenvalue weighted by Crippen LogP contribution is -2.11. The molecule has 0 aliphatic carbocycles. The molecule has 0 aliphatic rings. The number of Topliss-reactive ketones (excluding diaryl/α,β-unsaturated/α-hetero) is 1. The van der Waals surface area contributed by atoms with Crippen LogP contribution < -0.4 is 0 Å². The van der Waals surface area contributed by atoms with Crippen LogP contribution in [0.15, 0.2) is 53.4 Å². The van der Waals surface area contributed by atoms with Crippen LogP contribution in [0.3, 0.4) is 0 Å². The summed E-state index contributed by atoms with van der Waals surface area (Å²) in [5.74, 6) is -1.10. The molecule has 0 amide bonds. The highest BCUT2D eigenvalue weighted by molar-refractivity contribution is 7.85. The molecule has 2 rings (SSSR count). The summed E-state index contributed by atoms with van der Waals surface area (Å²) in [5.41, 5.74) is 0.160. The molecule has 0 saturated carbocycles. The minimum Gasteiger partial charge on any atom is -0.293 e. The number of nitro groups is 1. The fourth-order valence-corrected chi connectivity index (χ4v) is 2.65. The minimum absolute atomic E-state index is 0.111. The van der Waals surface area contributed by atoms with E-state index in [0.29, 0.717) is 4.90 Å². The van der Waals surface area contributed by atoms with Gasteiger partial charge in [-0.15, -0.1) is 0 Å². The number of nitro benzene ring substituents is 1. The van der Waals surface area contributed by atoms with E-state index in [4.69, 9.17) is 0 Å². The van der Waals surface area contributed by atoms with E-state index in [9.17, 15) is 23.5 Å². The SMILES string of the molecule is O=C(CS(=O)c1ccc([N+](=O)[O-])cc1)c1ccc(F)cc1. The van der Waals surface area contributed by atoms with Crippen LogP contribution in [-0.4, -0.2) is 20.7 Å². The number of non-ortho nitro benzene ring substituents is 1. The second-order valence-electron chi connectivity index (χ2n) is 4.17. The van der Waals surface area contributed by atoms with Gasteiger partial charge in [0.15, 0.2) is 5.78 Å². The predicted octanol–water partition coefficient (Wildman–Crippen LogP) is 2.72. The molecule has 5 nitrogen and oxygen atoms in total. The number of benzene rings is 2. The maximum atomic E-state index is 12.8. The van der Waals surface area contributed by atoms with Crippen LogP contribution in [0.2, 0.25) is 0 Å². The van der Waals surface area contributed by atoms with Crippen molar-refractivity contribution < 1.29 is 18.3 Å². The Balaban J connectivity index is 2.08. The quantitative estimate of drug-likeness (QED) is 0.483. The molecule has 2 aromatic carbocycles. The van der Waals surface area contributed by atoms with Gasteiger partial charge >= 0.3 is 0 Å². The number of halogens is 1. The summed E-state index contributed by atoms with van der Waals surface area (Å²) in [6.45, 7) is 0. The molecule has 1 unspecified atom stereocenters. The molecular formula is C14H10FNO4S. The van der Waals surface area contributed by atoms with Crippen molar-refractivity contribution in [1.82, 2.24) is 0 Å². The van der Waals surface area contributed by atoms with Crippen molar-refractivity contribution in [3.05, 3.63) is 70.0 Å². The third kappa shape index (κ3) is 3.79. The zero-order valence-electron chi connectivity index (χ0n) is 10.7. The molecule has 0 heterocycles. The van der Waals surface area contributed by atoms with Crippen LogP contribution in [0.25, 0.3) is 0 Å². The van der Waals surface area contributed by atoms with Gasteiger partial charge in [0, 0.05) is 22.6 Å². The topological polar surface area (TPSA) is 77.3 Å². The van der Waals surface area contributed by atoms with Crippen LogP contribution in [0.1, 0.15) is 10.4 Å². The molecule has 0 N–H and O–H groups in total. The fraction of sp³-hybridized carbons (Fsp3) is 0.0714. The van der Waals surface area contributed by atoms with Crippen LogP contribution in [0, 0.1) is 15.9 Å². The summed E-state index contributed by atoms with van der Waals surface area (Å²) in [6.07, 6.45) is 0. The number of rotatable bonds is 5. The van der Waals surface area contributed by atoms with Gasteiger partial charge in [0.2, 0.25) is 0 Å². The van der Waals surface area contributed by atoms with E-state index in [-0.39, 0.29) is 22.8 Å². The molecule has 21 heavy (non-hydrogen) atoms. The van der Waals surface area contributed by atoms with Gasteiger partial charge in [0.05, 0.1) is 21.5 Å². The van der Waals surface area contributed by atoms with Gasteiger partial charge < -0.3 is 0 Å². The molecule has 0 radical (unpaired) electrons. The summed E-state index contributed by atoms with van der Waals surface area (Å²) in [6, 6.07) is 10.1. The molecule has 0 saturated heterocycles. The Morgan fingerprint density at radius 2 is 1.67 bits per heavy atom. The standard InChI is InChI=1S/C14H10FNO4S/c15-11-3-1-10(2-4-11)14(17)9-21(20)13-7-5-12(6-8-13)16(18)19/h1-8H,9H2. The molecule has 7 heteroatoms. The average molecular weight is 307 g/mol. The van der Waals surface area contributed by atoms with Gasteiger partial charge in [-0.25, -0.2) is 4.39 Å². The highest BCUT2D eigenvalue weighted by atomic mass is 32.2. The van der Waals surface area contributed by atoms with Crippen molar-refractivity contribution in [3.63, 3.8) is 0 Å². The van der Waals surface area contributed by atoms with Gasteiger partial charge in [0.1, 0.15) is 5.82 Å². The lowest BCUT2D eigenvalue weighted by molar-refractivity contribution is -0.384.